The van der Waals surface area contributed by atoms with E-state index in [1.165, 1.54) is 5.56 Å². The highest BCUT2D eigenvalue weighted by atomic mass is 16.5. The fourth-order valence-electron chi connectivity index (χ4n) is 1.93. The van der Waals surface area contributed by atoms with Crippen LogP contribution in [0.4, 0.5) is 0 Å². The van der Waals surface area contributed by atoms with Gasteiger partial charge in [0.05, 0.1) is 19.1 Å². The molecule has 0 amide bonds. The number of rotatable bonds is 8. The standard InChI is InChI=1S/C16H21NO3/c1-3-19-15-6-4-5-7-16(15)20-11-9-17(2)12-14-8-10-18-13-14/h4-8,10,13H,3,9,11-12H2,1-2H3. The van der Waals surface area contributed by atoms with Crippen LogP contribution in [-0.4, -0.2) is 31.7 Å². The first kappa shape index (κ1) is 14.5. The minimum atomic E-state index is 0.623. The van der Waals surface area contributed by atoms with Crippen LogP contribution in [0.5, 0.6) is 11.5 Å². The van der Waals surface area contributed by atoms with E-state index in [9.17, 15) is 0 Å². The second-order valence-electron chi connectivity index (χ2n) is 4.60. The van der Waals surface area contributed by atoms with Crippen molar-refractivity contribution >= 4 is 0 Å². The fourth-order valence-corrected chi connectivity index (χ4v) is 1.93. The Balaban J connectivity index is 1.77. The van der Waals surface area contributed by atoms with Gasteiger partial charge in [0.1, 0.15) is 6.61 Å². The summed E-state index contributed by atoms with van der Waals surface area (Å²) in [4.78, 5) is 2.19. The second-order valence-corrected chi connectivity index (χ2v) is 4.60. The number of hydrogen-bond acceptors (Lipinski definition) is 4. The van der Waals surface area contributed by atoms with Crippen LogP contribution in [0.25, 0.3) is 0 Å². The average Bonchev–Trinajstić information content (AvgIpc) is 2.94. The minimum Gasteiger partial charge on any atom is -0.490 e. The molecule has 20 heavy (non-hydrogen) atoms. The summed E-state index contributed by atoms with van der Waals surface area (Å²) in [6.07, 6.45) is 3.46. The van der Waals surface area contributed by atoms with Crippen LogP contribution < -0.4 is 9.47 Å². The van der Waals surface area contributed by atoms with E-state index >= 15 is 0 Å². The normalized spacial score (nSPS) is 10.8. The van der Waals surface area contributed by atoms with E-state index in [-0.39, 0.29) is 0 Å². The van der Waals surface area contributed by atoms with Crippen molar-refractivity contribution in [1.82, 2.24) is 4.90 Å². The van der Waals surface area contributed by atoms with Gasteiger partial charge >= 0.3 is 0 Å². The van der Waals surface area contributed by atoms with Gasteiger partial charge in [-0.2, -0.15) is 0 Å². The van der Waals surface area contributed by atoms with Crippen LogP contribution in [0.1, 0.15) is 12.5 Å². The number of furan rings is 1. The molecule has 0 saturated carbocycles. The molecule has 4 nitrogen and oxygen atoms in total. The first-order valence-corrected chi connectivity index (χ1v) is 6.84. The van der Waals surface area contributed by atoms with Crippen LogP contribution in [0, 0.1) is 0 Å². The van der Waals surface area contributed by atoms with Crippen LogP contribution in [0.3, 0.4) is 0 Å². The van der Waals surface area contributed by atoms with Crippen molar-refractivity contribution in [3.05, 3.63) is 48.4 Å². The number of hydrogen-bond donors (Lipinski definition) is 0. The monoisotopic (exact) mass is 275 g/mol. The molecule has 0 saturated heterocycles. The van der Waals surface area contributed by atoms with E-state index in [1.54, 1.807) is 12.5 Å². The van der Waals surface area contributed by atoms with Gasteiger partial charge in [-0.05, 0) is 32.2 Å². The number of nitrogens with zero attached hydrogens (tertiary/aromatic N) is 1. The molecule has 2 rings (SSSR count). The van der Waals surface area contributed by atoms with Crippen molar-refractivity contribution in [2.75, 3.05) is 26.8 Å². The average molecular weight is 275 g/mol. The molecule has 0 bridgehead atoms. The molecule has 1 aromatic carbocycles. The molecule has 0 spiro atoms. The number of para-hydroxylation sites is 2. The third kappa shape index (κ3) is 4.31. The highest BCUT2D eigenvalue weighted by Crippen LogP contribution is 2.26. The van der Waals surface area contributed by atoms with Crippen molar-refractivity contribution < 1.29 is 13.9 Å². The van der Waals surface area contributed by atoms with Gasteiger partial charge in [-0.1, -0.05) is 12.1 Å². The quantitative estimate of drug-likeness (QED) is 0.741. The number of ether oxygens (including phenoxy) is 2. The molecule has 1 heterocycles. The molecule has 0 aliphatic carbocycles. The summed E-state index contributed by atoms with van der Waals surface area (Å²) in [6, 6.07) is 9.73. The lowest BCUT2D eigenvalue weighted by molar-refractivity contribution is 0.222. The summed E-state index contributed by atoms with van der Waals surface area (Å²) < 4.78 is 16.4. The fraction of sp³-hybridized carbons (Fsp3) is 0.375. The van der Waals surface area contributed by atoms with Crippen LogP contribution in [0.15, 0.2) is 47.3 Å². The first-order valence-electron chi connectivity index (χ1n) is 6.84. The molecule has 0 aliphatic rings. The Morgan fingerprint density at radius 1 is 1.10 bits per heavy atom. The molecule has 0 radical (unpaired) electrons. The Bertz CT molecular complexity index is 496. The molecular formula is C16H21NO3. The molecule has 4 heteroatoms. The zero-order chi connectivity index (χ0) is 14.2. The summed E-state index contributed by atoms with van der Waals surface area (Å²) in [5, 5.41) is 0. The molecule has 0 unspecified atom stereocenters. The minimum absolute atomic E-state index is 0.623. The van der Waals surface area contributed by atoms with E-state index < -0.39 is 0 Å². The Hall–Kier alpha value is -1.94. The molecule has 0 atom stereocenters. The Labute approximate surface area is 119 Å². The molecule has 0 fully saturated rings. The lowest BCUT2D eigenvalue weighted by Crippen LogP contribution is -2.23. The molecule has 0 N–H and O–H groups in total. The predicted octanol–water partition coefficient (Wildman–Crippen LogP) is 3.19. The summed E-state index contributed by atoms with van der Waals surface area (Å²) in [7, 11) is 2.06. The third-order valence-corrected chi connectivity index (χ3v) is 2.91. The Kier molecular flexibility index (Phi) is 5.50. The SMILES string of the molecule is CCOc1ccccc1OCCN(C)Cc1ccoc1. The van der Waals surface area contributed by atoms with E-state index in [4.69, 9.17) is 13.9 Å². The van der Waals surface area contributed by atoms with Gasteiger partial charge in [-0.15, -0.1) is 0 Å². The van der Waals surface area contributed by atoms with E-state index in [0.29, 0.717) is 13.2 Å². The lowest BCUT2D eigenvalue weighted by Gasteiger charge is -2.17. The maximum Gasteiger partial charge on any atom is 0.161 e. The number of benzene rings is 1. The predicted molar refractivity (Wildman–Crippen MR) is 78.1 cm³/mol. The lowest BCUT2D eigenvalue weighted by atomic mass is 10.3. The zero-order valence-electron chi connectivity index (χ0n) is 12.0. The van der Waals surface area contributed by atoms with Gasteiger partial charge in [0.2, 0.25) is 0 Å². The van der Waals surface area contributed by atoms with Crippen LogP contribution in [-0.2, 0) is 6.54 Å². The highest BCUT2D eigenvalue weighted by molar-refractivity contribution is 5.39. The van der Waals surface area contributed by atoms with Crippen molar-refractivity contribution in [1.29, 1.82) is 0 Å². The molecule has 2 aromatic rings. The van der Waals surface area contributed by atoms with Gasteiger partial charge < -0.3 is 13.9 Å². The van der Waals surface area contributed by atoms with Crippen molar-refractivity contribution in [3.8, 4) is 11.5 Å². The van der Waals surface area contributed by atoms with Gasteiger partial charge in [-0.25, -0.2) is 0 Å². The smallest absolute Gasteiger partial charge is 0.161 e. The molecule has 1 aromatic heterocycles. The van der Waals surface area contributed by atoms with Gasteiger partial charge in [-0.3, -0.25) is 4.90 Å². The van der Waals surface area contributed by atoms with Gasteiger partial charge in [0.15, 0.2) is 11.5 Å². The molecular weight excluding hydrogens is 254 g/mol. The number of likely N-dealkylation sites (N-methyl/N-ethyl adjacent to an activating group) is 1. The van der Waals surface area contributed by atoms with Gasteiger partial charge in [0, 0.05) is 18.7 Å². The zero-order valence-corrected chi connectivity index (χ0v) is 12.0. The maximum absolute atomic E-state index is 5.79. The van der Waals surface area contributed by atoms with Crippen LogP contribution in [0.2, 0.25) is 0 Å². The highest BCUT2D eigenvalue weighted by Gasteiger charge is 2.05. The summed E-state index contributed by atoms with van der Waals surface area (Å²) >= 11 is 0. The van der Waals surface area contributed by atoms with E-state index in [0.717, 1.165) is 24.6 Å². The largest absolute Gasteiger partial charge is 0.490 e. The second kappa shape index (κ2) is 7.60. The van der Waals surface area contributed by atoms with Crippen molar-refractivity contribution in [3.63, 3.8) is 0 Å². The summed E-state index contributed by atoms with van der Waals surface area (Å²) in [5.74, 6) is 1.60. The molecule has 0 aliphatic heterocycles. The summed E-state index contributed by atoms with van der Waals surface area (Å²) in [5.41, 5.74) is 1.17. The van der Waals surface area contributed by atoms with Crippen molar-refractivity contribution in [2.45, 2.75) is 13.5 Å². The first-order chi connectivity index (χ1) is 9.79. The van der Waals surface area contributed by atoms with E-state index in [2.05, 4.69) is 11.9 Å². The van der Waals surface area contributed by atoms with Crippen LogP contribution >= 0.6 is 0 Å². The topological polar surface area (TPSA) is 34.8 Å². The third-order valence-electron chi connectivity index (χ3n) is 2.91. The Morgan fingerprint density at radius 2 is 1.85 bits per heavy atom. The summed E-state index contributed by atoms with van der Waals surface area (Å²) in [6.45, 7) is 4.92. The molecule has 108 valence electrons. The Morgan fingerprint density at radius 3 is 2.50 bits per heavy atom. The maximum atomic E-state index is 5.79. The van der Waals surface area contributed by atoms with Crippen molar-refractivity contribution in [2.24, 2.45) is 0 Å². The van der Waals surface area contributed by atoms with Gasteiger partial charge in [0.25, 0.3) is 0 Å². The van der Waals surface area contributed by atoms with E-state index in [1.807, 2.05) is 37.3 Å².